The molecule has 1 amide bonds. The van der Waals surface area contributed by atoms with Gasteiger partial charge in [0.15, 0.2) is 5.00 Å². The van der Waals surface area contributed by atoms with Crippen LogP contribution in [0.25, 0.3) is 0 Å². The Morgan fingerprint density at radius 3 is 2.63 bits per heavy atom. The van der Waals surface area contributed by atoms with Crippen LogP contribution in [0.3, 0.4) is 0 Å². The van der Waals surface area contributed by atoms with Crippen molar-refractivity contribution in [3.63, 3.8) is 0 Å². The van der Waals surface area contributed by atoms with E-state index in [1.165, 1.54) is 17.4 Å². The van der Waals surface area contributed by atoms with Crippen molar-refractivity contribution in [2.75, 3.05) is 31.1 Å². The Morgan fingerprint density at radius 2 is 2.11 bits per heavy atom. The molecule has 104 valence electrons. The zero-order chi connectivity index (χ0) is 14.0. The molecule has 0 saturated carbocycles. The molecular formula is C11H16N4O3S. The maximum atomic E-state index is 11.1. The van der Waals surface area contributed by atoms with Gasteiger partial charge in [-0.05, 0) is 12.3 Å². The summed E-state index contributed by atoms with van der Waals surface area (Å²) in [5.41, 5.74) is 5.43. The summed E-state index contributed by atoms with van der Waals surface area (Å²) in [7, 11) is 0. The molecule has 0 aromatic carbocycles. The highest BCUT2D eigenvalue weighted by Crippen LogP contribution is 2.34. The van der Waals surface area contributed by atoms with Crippen LogP contribution in [0, 0.1) is 10.1 Å². The smallest absolute Gasteiger partial charge is 0.303 e. The van der Waals surface area contributed by atoms with E-state index in [9.17, 15) is 14.9 Å². The Hall–Kier alpha value is -1.67. The van der Waals surface area contributed by atoms with Crippen LogP contribution in [0.1, 0.15) is 6.92 Å². The van der Waals surface area contributed by atoms with E-state index in [1.54, 1.807) is 12.3 Å². The van der Waals surface area contributed by atoms with Crippen LogP contribution in [-0.2, 0) is 4.79 Å². The minimum atomic E-state index is -0.357. The number of nitro groups is 1. The van der Waals surface area contributed by atoms with Crippen LogP contribution in [0.2, 0.25) is 0 Å². The second kappa shape index (κ2) is 5.54. The quantitative estimate of drug-likeness (QED) is 0.647. The van der Waals surface area contributed by atoms with E-state index in [0.29, 0.717) is 31.2 Å². The first-order valence-electron chi connectivity index (χ1n) is 6.01. The molecule has 2 N–H and O–H groups in total. The summed E-state index contributed by atoms with van der Waals surface area (Å²) in [6, 6.07) is 1.23. The first-order valence-corrected chi connectivity index (χ1v) is 6.89. The number of amides is 1. The fourth-order valence-electron chi connectivity index (χ4n) is 2.16. The van der Waals surface area contributed by atoms with E-state index >= 15 is 0 Å². The third kappa shape index (κ3) is 2.85. The van der Waals surface area contributed by atoms with E-state index in [-0.39, 0.29) is 22.6 Å². The molecule has 1 aromatic rings. The van der Waals surface area contributed by atoms with Crippen molar-refractivity contribution in [3.8, 4) is 0 Å². The van der Waals surface area contributed by atoms with Gasteiger partial charge in [0.25, 0.3) is 0 Å². The number of hydrogen-bond donors (Lipinski definition) is 1. The summed E-state index contributed by atoms with van der Waals surface area (Å²) in [4.78, 5) is 25.7. The number of anilines is 1. The lowest BCUT2D eigenvalue weighted by Gasteiger charge is -2.37. The van der Waals surface area contributed by atoms with Gasteiger partial charge in [-0.2, -0.15) is 0 Å². The number of piperazine rings is 1. The van der Waals surface area contributed by atoms with E-state index in [1.807, 2.05) is 9.80 Å². The van der Waals surface area contributed by atoms with Crippen LogP contribution in [0.15, 0.2) is 11.4 Å². The first-order chi connectivity index (χ1) is 9.00. The molecule has 0 aliphatic carbocycles. The molecule has 0 bridgehead atoms. The molecule has 19 heavy (non-hydrogen) atoms. The number of carbonyl (C=O) groups is 1. The van der Waals surface area contributed by atoms with Crippen molar-refractivity contribution in [2.24, 2.45) is 5.73 Å². The summed E-state index contributed by atoms with van der Waals surface area (Å²) in [6.45, 7) is 4.47. The molecule has 2 rings (SSSR count). The third-order valence-electron chi connectivity index (χ3n) is 3.38. The van der Waals surface area contributed by atoms with Gasteiger partial charge in [0.2, 0.25) is 5.91 Å². The van der Waals surface area contributed by atoms with E-state index < -0.39 is 0 Å². The van der Waals surface area contributed by atoms with Gasteiger partial charge in [0.1, 0.15) is 0 Å². The van der Waals surface area contributed by atoms with Gasteiger partial charge in [-0.1, -0.05) is 0 Å². The number of rotatable bonds is 4. The molecule has 1 fully saturated rings. The van der Waals surface area contributed by atoms with Gasteiger partial charge in [-0.15, -0.1) is 11.3 Å². The molecule has 7 nitrogen and oxygen atoms in total. The van der Waals surface area contributed by atoms with Crippen LogP contribution in [0.4, 0.5) is 10.7 Å². The first kappa shape index (κ1) is 13.8. The Morgan fingerprint density at radius 1 is 1.47 bits per heavy atom. The van der Waals surface area contributed by atoms with E-state index in [2.05, 4.69) is 0 Å². The van der Waals surface area contributed by atoms with Crippen molar-refractivity contribution in [1.29, 1.82) is 0 Å². The second-order valence-corrected chi connectivity index (χ2v) is 5.36. The van der Waals surface area contributed by atoms with Crippen LogP contribution < -0.4 is 10.6 Å². The van der Waals surface area contributed by atoms with Crippen molar-refractivity contribution >= 4 is 27.9 Å². The molecule has 1 atom stereocenters. The van der Waals surface area contributed by atoms with E-state index in [4.69, 9.17) is 5.73 Å². The van der Waals surface area contributed by atoms with Crippen molar-refractivity contribution in [3.05, 3.63) is 21.6 Å². The van der Waals surface area contributed by atoms with Gasteiger partial charge < -0.3 is 10.6 Å². The number of nitrogens with zero attached hydrogens (tertiary/aromatic N) is 3. The average Bonchev–Trinajstić information content (AvgIpc) is 2.87. The number of hydrogen-bond acceptors (Lipinski definition) is 6. The molecular weight excluding hydrogens is 268 g/mol. The molecule has 1 saturated heterocycles. The van der Waals surface area contributed by atoms with Gasteiger partial charge in [-0.3, -0.25) is 19.8 Å². The van der Waals surface area contributed by atoms with Gasteiger partial charge in [0.05, 0.1) is 11.0 Å². The molecule has 1 aliphatic rings. The van der Waals surface area contributed by atoms with Crippen LogP contribution in [-0.4, -0.2) is 48.0 Å². The predicted octanol–water partition coefficient (Wildman–Crippen LogP) is 0.652. The zero-order valence-electron chi connectivity index (χ0n) is 10.6. The minimum absolute atomic E-state index is 0.154. The standard InChI is InChI=1S/C11H16N4O3S/c1-8(10(12)16)13-3-5-14(6-4-13)11-9(15(17)18)2-7-19-11/h2,7-8H,3-6H2,1H3,(H2,12,16). The number of nitrogens with two attached hydrogens (primary N) is 1. The van der Waals surface area contributed by atoms with Crippen LogP contribution >= 0.6 is 11.3 Å². The maximum absolute atomic E-state index is 11.1. The summed E-state index contributed by atoms with van der Waals surface area (Å²) in [5, 5.41) is 13.3. The summed E-state index contributed by atoms with van der Waals surface area (Å²) in [5.74, 6) is -0.337. The van der Waals surface area contributed by atoms with Crippen molar-refractivity contribution in [1.82, 2.24) is 4.90 Å². The predicted molar refractivity (Wildman–Crippen MR) is 73.4 cm³/mol. The van der Waals surface area contributed by atoms with Crippen LogP contribution in [0.5, 0.6) is 0 Å². The third-order valence-corrected chi connectivity index (χ3v) is 4.35. The Bertz CT molecular complexity index is 482. The topological polar surface area (TPSA) is 92.7 Å². The van der Waals surface area contributed by atoms with Gasteiger partial charge >= 0.3 is 5.69 Å². The lowest BCUT2D eigenvalue weighted by atomic mass is 10.2. The Kier molecular flexibility index (Phi) is 4.01. The molecule has 1 unspecified atom stereocenters. The minimum Gasteiger partial charge on any atom is -0.368 e. The molecule has 1 aliphatic heterocycles. The lowest BCUT2D eigenvalue weighted by Crippen LogP contribution is -2.53. The highest BCUT2D eigenvalue weighted by molar-refractivity contribution is 7.14. The Balaban J connectivity index is 2.02. The number of thiophene rings is 1. The molecule has 8 heteroatoms. The molecule has 1 aromatic heterocycles. The lowest BCUT2D eigenvalue weighted by molar-refractivity contribution is -0.383. The van der Waals surface area contributed by atoms with Crippen molar-refractivity contribution in [2.45, 2.75) is 13.0 Å². The average molecular weight is 284 g/mol. The SMILES string of the molecule is CC(C(N)=O)N1CCN(c2sccc2[N+](=O)[O-])CC1. The highest BCUT2D eigenvalue weighted by Gasteiger charge is 2.28. The normalized spacial score (nSPS) is 18.3. The van der Waals surface area contributed by atoms with Gasteiger partial charge in [-0.25, -0.2) is 0 Å². The molecule has 0 radical (unpaired) electrons. The summed E-state index contributed by atoms with van der Waals surface area (Å²) >= 11 is 1.37. The molecule has 0 spiro atoms. The largest absolute Gasteiger partial charge is 0.368 e. The molecule has 2 heterocycles. The number of primary amides is 1. The summed E-state index contributed by atoms with van der Waals surface area (Å²) in [6.07, 6.45) is 0. The zero-order valence-corrected chi connectivity index (χ0v) is 11.4. The fraction of sp³-hybridized carbons (Fsp3) is 0.545. The van der Waals surface area contributed by atoms with Gasteiger partial charge in [0, 0.05) is 32.2 Å². The monoisotopic (exact) mass is 284 g/mol. The fourth-order valence-corrected chi connectivity index (χ4v) is 3.08. The van der Waals surface area contributed by atoms with E-state index in [0.717, 1.165) is 0 Å². The Labute approximate surface area is 114 Å². The second-order valence-electron chi connectivity index (χ2n) is 4.47. The number of carbonyl (C=O) groups excluding carboxylic acids is 1. The maximum Gasteiger partial charge on any atom is 0.303 e. The highest BCUT2D eigenvalue weighted by atomic mass is 32.1. The summed E-state index contributed by atoms with van der Waals surface area (Å²) < 4.78 is 0. The van der Waals surface area contributed by atoms with Crippen molar-refractivity contribution < 1.29 is 9.72 Å².